The second-order valence-electron chi connectivity index (χ2n) is 4.87. The molecule has 0 bridgehead atoms. The molecule has 1 heterocycles. The van der Waals surface area contributed by atoms with Crippen molar-refractivity contribution in [2.45, 2.75) is 51.2 Å². The predicted octanol–water partition coefficient (Wildman–Crippen LogP) is 3.67. The molecule has 2 nitrogen and oxygen atoms in total. The minimum absolute atomic E-state index is 0.0286. The van der Waals surface area contributed by atoms with E-state index in [0.29, 0.717) is 6.04 Å². The van der Waals surface area contributed by atoms with E-state index in [0.717, 1.165) is 6.61 Å². The molecule has 2 rings (SSSR count). The Labute approximate surface area is 108 Å². The van der Waals surface area contributed by atoms with Gasteiger partial charge >= 0.3 is 0 Å². The molecule has 1 aromatic rings. The number of nitrogens with one attached hydrogen (secondary N) is 1. The van der Waals surface area contributed by atoms with Gasteiger partial charge in [0.2, 0.25) is 0 Å². The van der Waals surface area contributed by atoms with Crippen molar-refractivity contribution in [2.75, 3.05) is 13.7 Å². The third kappa shape index (κ3) is 2.56. The predicted molar refractivity (Wildman–Crippen MR) is 73.7 cm³/mol. The summed E-state index contributed by atoms with van der Waals surface area (Å²) in [5, 5.41) is 3.48. The molecule has 1 aliphatic carbocycles. The van der Waals surface area contributed by atoms with Crippen LogP contribution in [0.2, 0.25) is 0 Å². The molecule has 1 atom stereocenters. The summed E-state index contributed by atoms with van der Waals surface area (Å²) in [5.74, 6) is 0. The molecule has 17 heavy (non-hydrogen) atoms. The van der Waals surface area contributed by atoms with E-state index in [1.807, 2.05) is 11.3 Å². The number of likely N-dealkylation sites (N-methyl/N-ethyl adjacent to an activating group) is 1. The van der Waals surface area contributed by atoms with Crippen molar-refractivity contribution in [3.8, 4) is 0 Å². The van der Waals surface area contributed by atoms with Gasteiger partial charge in [-0.2, -0.15) is 0 Å². The number of ether oxygens (including phenoxy) is 1. The fraction of sp³-hybridized carbons (Fsp3) is 0.714. The lowest BCUT2D eigenvalue weighted by Gasteiger charge is -2.36. The van der Waals surface area contributed by atoms with Crippen molar-refractivity contribution >= 4 is 11.3 Å². The molecule has 1 unspecified atom stereocenters. The molecule has 0 aromatic carbocycles. The summed E-state index contributed by atoms with van der Waals surface area (Å²) in [6.45, 7) is 5.08. The molecule has 96 valence electrons. The zero-order valence-corrected chi connectivity index (χ0v) is 11.9. The Bertz CT molecular complexity index is 355. The number of rotatable bonds is 5. The average molecular weight is 253 g/mol. The van der Waals surface area contributed by atoms with E-state index in [4.69, 9.17) is 4.74 Å². The third-order valence-corrected chi connectivity index (χ3v) is 4.81. The molecular formula is C14H23NOS. The van der Waals surface area contributed by atoms with Crippen LogP contribution in [0.1, 0.15) is 48.4 Å². The van der Waals surface area contributed by atoms with Crippen LogP contribution in [0.15, 0.2) is 12.1 Å². The van der Waals surface area contributed by atoms with Gasteiger partial charge < -0.3 is 10.1 Å². The first-order chi connectivity index (χ1) is 8.22. The zero-order chi connectivity index (χ0) is 12.3. The Balaban J connectivity index is 2.26. The Morgan fingerprint density at radius 1 is 1.41 bits per heavy atom. The second kappa shape index (κ2) is 5.51. The smallest absolute Gasteiger partial charge is 0.0884 e. The number of hydrogen-bond donors (Lipinski definition) is 1. The molecule has 0 radical (unpaired) electrons. The molecule has 0 aliphatic heterocycles. The first-order valence-electron chi connectivity index (χ1n) is 6.59. The van der Waals surface area contributed by atoms with Crippen molar-refractivity contribution in [3.63, 3.8) is 0 Å². The van der Waals surface area contributed by atoms with Gasteiger partial charge in [0.1, 0.15) is 0 Å². The van der Waals surface area contributed by atoms with Gasteiger partial charge in [0.15, 0.2) is 0 Å². The van der Waals surface area contributed by atoms with Gasteiger partial charge in [-0.05, 0) is 45.9 Å². The SMILES string of the molecule is CCOC1(C(NC)c2ccc(C)s2)CCCC1. The van der Waals surface area contributed by atoms with Crippen LogP contribution in [0.4, 0.5) is 0 Å². The van der Waals surface area contributed by atoms with E-state index < -0.39 is 0 Å². The Kier molecular flexibility index (Phi) is 4.23. The summed E-state index contributed by atoms with van der Waals surface area (Å²) in [4.78, 5) is 2.80. The summed E-state index contributed by atoms with van der Waals surface area (Å²) in [5.41, 5.74) is 0.0286. The Morgan fingerprint density at radius 2 is 2.12 bits per heavy atom. The first kappa shape index (κ1) is 13.1. The number of aryl methyl sites for hydroxylation is 1. The second-order valence-corrected chi connectivity index (χ2v) is 6.19. The van der Waals surface area contributed by atoms with Gasteiger partial charge in [-0.3, -0.25) is 0 Å². The van der Waals surface area contributed by atoms with Crippen LogP contribution in [0.25, 0.3) is 0 Å². The first-order valence-corrected chi connectivity index (χ1v) is 7.41. The van der Waals surface area contributed by atoms with E-state index in [2.05, 4.69) is 38.3 Å². The van der Waals surface area contributed by atoms with Crippen LogP contribution in [0.5, 0.6) is 0 Å². The maximum atomic E-state index is 6.15. The summed E-state index contributed by atoms with van der Waals surface area (Å²) < 4.78 is 6.15. The largest absolute Gasteiger partial charge is 0.373 e. The fourth-order valence-electron chi connectivity index (χ4n) is 3.05. The Hall–Kier alpha value is -0.380. The number of hydrogen-bond acceptors (Lipinski definition) is 3. The van der Waals surface area contributed by atoms with E-state index >= 15 is 0 Å². The molecule has 0 spiro atoms. The summed E-state index contributed by atoms with van der Waals surface area (Å²) in [7, 11) is 2.05. The molecule has 1 aromatic heterocycles. The van der Waals surface area contributed by atoms with E-state index in [1.54, 1.807) is 0 Å². The van der Waals surface area contributed by atoms with Crippen LogP contribution in [0.3, 0.4) is 0 Å². The summed E-state index contributed by atoms with van der Waals surface area (Å²) in [6, 6.07) is 4.81. The molecule has 1 N–H and O–H groups in total. The lowest BCUT2D eigenvalue weighted by molar-refractivity contribution is -0.0602. The van der Waals surface area contributed by atoms with E-state index in [9.17, 15) is 0 Å². The maximum absolute atomic E-state index is 6.15. The Morgan fingerprint density at radius 3 is 2.59 bits per heavy atom. The topological polar surface area (TPSA) is 21.3 Å². The van der Waals surface area contributed by atoms with Crippen molar-refractivity contribution in [1.82, 2.24) is 5.32 Å². The van der Waals surface area contributed by atoms with Crippen molar-refractivity contribution in [1.29, 1.82) is 0 Å². The van der Waals surface area contributed by atoms with Gasteiger partial charge in [-0.15, -0.1) is 11.3 Å². The molecule has 1 fully saturated rings. The molecule has 0 saturated heterocycles. The van der Waals surface area contributed by atoms with Gasteiger partial charge in [0.25, 0.3) is 0 Å². The maximum Gasteiger partial charge on any atom is 0.0884 e. The molecule has 1 saturated carbocycles. The molecule has 1 aliphatic rings. The van der Waals surface area contributed by atoms with Crippen LogP contribution >= 0.6 is 11.3 Å². The van der Waals surface area contributed by atoms with E-state index in [-0.39, 0.29) is 5.60 Å². The minimum atomic E-state index is 0.0286. The monoisotopic (exact) mass is 253 g/mol. The van der Waals surface area contributed by atoms with Crippen molar-refractivity contribution < 1.29 is 4.74 Å². The van der Waals surface area contributed by atoms with Crippen LogP contribution in [0, 0.1) is 6.92 Å². The fourth-order valence-corrected chi connectivity index (χ4v) is 4.14. The van der Waals surface area contributed by atoms with Crippen LogP contribution < -0.4 is 5.32 Å². The van der Waals surface area contributed by atoms with E-state index in [1.165, 1.54) is 35.4 Å². The zero-order valence-electron chi connectivity index (χ0n) is 11.1. The van der Waals surface area contributed by atoms with Crippen molar-refractivity contribution in [2.24, 2.45) is 0 Å². The third-order valence-electron chi connectivity index (χ3n) is 3.74. The highest BCUT2D eigenvalue weighted by Gasteiger charge is 2.42. The van der Waals surface area contributed by atoms with Crippen molar-refractivity contribution in [3.05, 3.63) is 21.9 Å². The minimum Gasteiger partial charge on any atom is -0.373 e. The van der Waals surface area contributed by atoms with Crippen LogP contribution in [-0.4, -0.2) is 19.3 Å². The standard InChI is InChI=1S/C14H23NOS/c1-4-16-14(9-5-6-10-14)13(15-3)12-8-7-11(2)17-12/h7-8,13,15H,4-6,9-10H2,1-3H3. The van der Waals surface area contributed by atoms with Gasteiger partial charge in [-0.1, -0.05) is 12.8 Å². The van der Waals surface area contributed by atoms with Crippen LogP contribution in [-0.2, 0) is 4.74 Å². The number of thiophene rings is 1. The normalized spacial score (nSPS) is 20.6. The quantitative estimate of drug-likeness (QED) is 0.864. The van der Waals surface area contributed by atoms with Gasteiger partial charge in [-0.25, -0.2) is 0 Å². The van der Waals surface area contributed by atoms with Gasteiger partial charge in [0.05, 0.1) is 11.6 Å². The molecular weight excluding hydrogens is 230 g/mol. The summed E-state index contributed by atoms with van der Waals surface area (Å²) in [6.07, 6.45) is 4.96. The average Bonchev–Trinajstić information content (AvgIpc) is 2.91. The summed E-state index contributed by atoms with van der Waals surface area (Å²) >= 11 is 1.89. The highest BCUT2D eigenvalue weighted by atomic mass is 32.1. The lowest BCUT2D eigenvalue weighted by Crippen LogP contribution is -2.42. The lowest BCUT2D eigenvalue weighted by atomic mass is 9.90. The molecule has 0 amide bonds. The highest BCUT2D eigenvalue weighted by Crippen LogP contribution is 2.44. The molecule has 3 heteroatoms. The highest BCUT2D eigenvalue weighted by molar-refractivity contribution is 7.12. The van der Waals surface area contributed by atoms with Gasteiger partial charge in [0, 0.05) is 16.4 Å².